The molecule has 1 heterocycles. The first-order chi connectivity index (χ1) is 13.3. The number of nitro benzene ring substituents is 1. The van der Waals surface area contributed by atoms with Crippen molar-refractivity contribution >= 4 is 11.6 Å². The maximum atomic E-state index is 13.0. The van der Waals surface area contributed by atoms with Gasteiger partial charge in [-0.05, 0) is 44.6 Å². The molecule has 1 aliphatic rings. The van der Waals surface area contributed by atoms with Crippen LogP contribution in [0, 0.1) is 23.0 Å². The number of carbonyl (C=O) groups excluding carboxylic acids is 1. The number of rotatable bonds is 4. The highest BCUT2D eigenvalue weighted by molar-refractivity contribution is 5.92. The molecule has 0 unspecified atom stereocenters. The minimum absolute atomic E-state index is 0.0747. The second kappa shape index (κ2) is 7.92. The summed E-state index contributed by atoms with van der Waals surface area (Å²) in [4.78, 5) is 37.9. The Morgan fingerprint density at radius 3 is 2.54 bits per heavy atom. The summed E-state index contributed by atoms with van der Waals surface area (Å²) in [6, 6.07) is 7.50. The summed E-state index contributed by atoms with van der Waals surface area (Å²) < 4.78 is 1.30. The summed E-state index contributed by atoms with van der Waals surface area (Å²) in [5.41, 5.74) is -0.203. The van der Waals surface area contributed by atoms with Gasteiger partial charge in [-0.2, -0.15) is 5.10 Å². The molecule has 1 fully saturated rings. The second-order valence-electron chi connectivity index (χ2n) is 7.49. The lowest BCUT2D eigenvalue weighted by atomic mass is 9.86. The Balaban J connectivity index is 2.00. The number of amides is 1. The molecular weight excluding hydrogens is 360 g/mol. The largest absolute Gasteiger partial charge is 0.337 e. The molecule has 0 saturated heterocycles. The van der Waals surface area contributed by atoms with Crippen LogP contribution in [-0.4, -0.2) is 38.6 Å². The molecule has 8 nitrogen and oxygen atoms in total. The molecule has 0 radical (unpaired) electrons. The molecule has 8 heteroatoms. The molecule has 2 aromatic rings. The van der Waals surface area contributed by atoms with Gasteiger partial charge in [0.25, 0.3) is 11.6 Å². The zero-order valence-corrected chi connectivity index (χ0v) is 16.3. The van der Waals surface area contributed by atoms with Crippen molar-refractivity contribution in [3.05, 3.63) is 62.1 Å². The lowest BCUT2D eigenvalue weighted by Crippen LogP contribution is -2.42. The first-order valence-electron chi connectivity index (χ1n) is 9.41. The first-order valence-corrected chi connectivity index (χ1v) is 9.41. The van der Waals surface area contributed by atoms with E-state index < -0.39 is 16.3 Å². The molecule has 1 amide bonds. The van der Waals surface area contributed by atoms with Crippen LogP contribution in [0.1, 0.15) is 48.8 Å². The predicted octanol–water partition coefficient (Wildman–Crippen LogP) is 3.10. The molecule has 0 N–H and O–H groups in total. The van der Waals surface area contributed by atoms with Crippen LogP contribution in [0.25, 0.3) is 5.69 Å². The van der Waals surface area contributed by atoms with E-state index in [1.807, 2.05) is 0 Å². The summed E-state index contributed by atoms with van der Waals surface area (Å²) in [6.45, 7) is 3.83. The van der Waals surface area contributed by atoms with Gasteiger partial charge in [-0.15, -0.1) is 0 Å². The van der Waals surface area contributed by atoms with E-state index in [1.165, 1.54) is 16.8 Å². The van der Waals surface area contributed by atoms with Crippen LogP contribution < -0.4 is 5.43 Å². The van der Waals surface area contributed by atoms with Crippen molar-refractivity contribution in [3.8, 4) is 5.69 Å². The summed E-state index contributed by atoms with van der Waals surface area (Å²) in [7, 11) is 1.69. The van der Waals surface area contributed by atoms with Gasteiger partial charge in [0.1, 0.15) is 5.69 Å². The van der Waals surface area contributed by atoms with E-state index in [0.717, 1.165) is 25.7 Å². The van der Waals surface area contributed by atoms with Crippen molar-refractivity contribution in [2.24, 2.45) is 5.92 Å². The van der Waals surface area contributed by atoms with Gasteiger partial charge in [-0.25, -0.2) is 4.68 Å². The second-order valence-corrected chi connectivity index (χ2v) is 7.49. The minimum Gasteiger partial charge on any atom is -0.337 e. The topological polar surface area (TPSA) is 98.3 Å². The molecule has 0 bridgehead atoms. The van der Waals surface area contributed by atoms with Crippen molar-refractivity contribution < 1.29 is 9.72 Å². The van der Waals surface area contributed by atoms with Gasteiger partial charge in [0, 0.05) is 30.9 Å². The zero-order chi connectivity index (χ0) is 20.4. The molecule has 28 heavy (non-hydrogen) atoms. The number of hydrogen-bond donors (Lipinski definition) is 0. The molecule has 1 aliphatic carbocycles. The molecule has 1 aromatic heterocycles. The third-order valence-electron chi connectivity index (χ3n) is 5.47. The first kappa shape index (κ1) is 19.7. The van der Waals surface area contributed by atoms with Gasteiger partial charge in [-0.3, -0.25) is 19.7 Å². The smallest absolute Gasteiger partial charge is 0.294 e. The molecule has 0 atom stereocenters. The summed E-state index contributed by atoms with van der Waals surface area (Å²) in [5.74, 6) is 0.199. The number of hydrogen-bond acceptors (Lipinski definition) is 5. The van der Waals surface area contributed by atoms with E-state index >= 15 is 0 Å². The molecule has 3 rings (SSSR count). The highest BCUT2D eigenvalue weighted by Crippen LogP contribution is 2.27. The van der Waals surface area contributed by atoms with Crippen LogP contribution in [0.15, 0.2) is 35.1 Å². The fraction of sp³-hybridized carbons (Fsp3) is 0.450. The number of aromatic nitrogens is 2. The Bertz CT molecular complexity index is 961. The van der Waals surface area contributed by atoms with Crippen molar-refractivity contribution in [2.45, 2.75) is 45.6 Å². The summed E-state index contributed by atoms with van der Waals surface area (Å²) in [5, 5.41) is 15.6. The number of carbonyl (C=O) groups is 1. The molecule has 0 spiro atoms. The maximum Gasteiger partial charge on any atom is 0.294 e. The number of aryl methyl sites for hydroxylation is 1. The Morgan fingerprint density at radius 2 is 1.89 bits per heavy atom. The number of nitrogens with zero attached hydrogens (tertiary/aromatic N) is 4. The molecular formula is C20H24N4O4. The predicted molar refractivity (Wildman–Crippen MR) is 105 cm³/mol. The summed E-state index contributed by atoms with van der Waals surface area (Å²) >= 11 is 0. The maximum absolute atomic E-state index is 13.0. The van der Waals surface area contributed by atoms with Crippen LogP contribution >= 0.6 is 0 Å². The molecule has 1 saturated carbocycles. The number of para-hydroxylation sites is 2. The van der Waals surface area contributed by atoms with Gasteiger partial charge in [0.15, 0.2) is 5.69 Å². The summed E-state index contributed by atoms with van der Waals surface area (Å²) in [6.07, 6.45) is 3.88. The van der Waals surface area contributed by atoms with E-state index in [4.69, 9.17) is 0 Å². The van der Waals surface area contributed by atoms with Crippen molar-refractivity contribution in [2.75, 3.05) is 7.05 Å². The van der Waals surface area contributed by atoms with Gasteiger partial charge in [0.2, 0.25) is 5.43 Å². The number of benzene rings is 1. The molecule has 0 aliphatic heterocycles. The van der Waals surface area contributed by atoms with Crippen molar-refractivity contribution in [1.82, 2.24) is 14.7 Å². The Hall–Kier alpha value is -3.03. The lowest BCUT2D eigenvalue weighted by molar-refractivity contribution is -0.384. The van der Waals surface area contributed by atoms with Crippen LogP contribution in [0.4, 0.5) is 5.69 Å². The fourth-order valence-electron chi connectivity index (χ4n) is 3.70. The van der Waals surface area contributed by atoms with Crippen molar-refractivity contribution in [1.29, 1.82) is 0 Å². The van der Waals surface area contributed by atoms with Crippen LogP contribution in [0.3, 0.4) is 0 Å². The molecule has 148 valence electrons. The van der Waals surface area contributed by atoms with E-state index in [1.54, 1.807) is 37.1 Å². The van der Waals surface area contributed by atoms with E-state index in [2.05, 4.69) is 12.0 Å². The minimum atomic E-state index is -0.509. The van der Waals surface area contributed by atoms with Crippen molar-refractivity contribution in [3.63, 3.8) is 0 Å². The van der Waals surface area contributed by atoms with Crippen LogP contribution in [-0.2, 0) is 0 Å². The van der Waals surface area contributed by atoms with Gasteiger partial charge in [-0.1, -0.05) is 19.1 Å². The molecule has 1 aromatic carbocycles. The normalized spacial score (nSPS) is 19.2. The highest BCUT2D eigenvalue weighted by atomic mass is 16.6. The van der Waals surface area contributed by atoms with E-state index in [-0.39, 0.29) is 23.1 Å². The zero-order valence-electron chi connectivity index (χ0n) is 16.3. The Kier molecular flexibility index (Phi) is 5.58. The third kappa shape index (κ3) is 3.81. The lowest BCUT2D eigenvalue weighted by Gasteiger charge is -2.33. The van der Waals surface area contributed by atoms with Gasteiger partial charge >= 0.3 is 0 Å². The van der Waals surface area contributed by atoms with E-state index in [9.17, 15) is 19.7 Å². The third-order valence-corrected chi connectivity index (χ3v) is 5.47. The Labute approximate surface area is 162 Å². The van der Waals surface area contributed by atoms with Crippen LogP contribution in [0.5, 0.6) is 0 Å². The highest BCUT2D eigenvalue weighted by Gasteiger charge is 2.28. The average molecular weight is 384 g/mol. The average Bonchev–Trinajstić information content (AvgIpc) is 2.67. The van der Waals surface area contributed by atoms with E-state index in [0.29, 0.717) is 11.6 Å². The Morgan fingerprint density at radius 1 is 1.25 bits per heavy atom. The van der Waals surface area contributed by atoms with Crippen LogP contribution in [0.2, 0.25) is 0 Å². The standard InChI is InChI=1S/C20H24N4O4/c1-13-8-10-15(11-9-13)22(3)20(26)19-18(25)12-14(2)23(21-19)16-6-4-5-7-17(16)24(27)28/h4-7,12-13,15H,8-11H2,1-3H3. The quantitative estimate of drug-likeness (QED) is 0.596. The monoisotopic (exact) mass is 384 g/mol. The fourth-order valence-corrected chi connectivity index (χ4v) is 3.70. The van der Waals surface area contributed by atoms with Gasteiger partial charge < -0.3 is 4.90 Å². The van der Waals surface area contributed by atoms with Gasteiger partial charge in [0.05, 0.1) is 4.92 Å². The SMILES string of the molecule is Cc1cc(=O)c(C(=O)N(C)C2CCC(C)CC2)nn1-c1ccccc1[N+](=O)[O-]. The number of nitro groups is 1.